The highest BCUT2D eigenvalue weighted by atomic mass is 19.4. The third kappa shape index (κ3) is 5.07. The fourth-order valence-corrected chi connectivity index (χ4v) is 2.02. The van der Waals surface area contributed by atoms with Gasteiger partial charge < -0.3 is 5.11 Å². The van der Waals surface area contributed by atoms with Crippen molar-refractivity contribution in [1.29, 1.82) is 5.26 Å². The summed E-state index contributed by atoms with van der Waals surface area (Å²) < 4.78 is 38.6. The second-order valence-electron chi connectivity index (χ2n) is 5.00. The molecule has 0 heterocycles. The molecule has 1 N–H and O–H groups in total. The van der Waals surface area contributed by atoms with E-state index in [1.807, 2.05) is 6.07 Å². The first-order valence-corrected chi connectivity index (χ1v) is 7.00. The molecule has 0 bridgehead atoms. The van der Waals surface area contributed by atoms with Crippen molar-refractivity contribution < 1.29 is 23.1 Å². The van der Waals surface area contributed by atoms with E-state index in [-0.39, 0.29) is 12.2 Å². The minimum atomic E-state index is -4.52. The van der Waals surface area contributed by atoms with Gasteiger partial charge in [-0.2, -0.15) is 23.5 Å². The average Bonchev–Trinajstić information content (AvgIpc) is 2.58. The monoisotopic (exact) mass is 347 g/mol. The molecule has 25 heavy (non-hydrogen) atoms. The van der Waals surface area contributed by atoms with Crippen LogP contribution >= 0.6 is 0 Å². The fourth-order valence-electron chi connectivity index (χ4n) is 2.02. The molecule has 2 aromatic carbocycles. The minimum Gasteiger partial charge on any atom is -0.477 e. The number of alkyl halides is 3. The van der Waals surface area contributed by atoms with Gasteiger partial charge in [-0.3, -0.25) is 5.01 Å². The lowest BCUT2D eigenvalue weighted by Gasteiger charge is -2.20. The zero-order chi connectivity index (χ0) is 18.4. The Morgan fingerprint density at radius 3 is 2.48 bits per heavy atom. The topological polar surface area (TPSA) is 76.7 Å². The number of benzene rings is 2. The molecule has 5 nitrogen and oxygen atoms in total. The highest BCUT2D eigenvalue weighted by Crippen LogP contribution is 2.32. The first-order chi connectivity index (χ1) is 11.8. The molecule has 0 saturated carbocycles. The lowest BCUT2D eigenvalue weighted by atomic mass is 10.1. The van der Waals surface area contributed by atoms with Crippen LogP contribution in [0.1, 0.15) is 16.7 Å². The van der Waals surface area contributed by atoms with Crippen LogP contribution in [0.2, 0.25) is 0 Å². The summed E-state index contributed by atoms with van der Waals surface area (Å²) in [6.45, 7) is 0.0385. The number of carboxylic acid groups (broad SMARTS) is 1. The molecule has 2 aromatic rings. The number of aliphatic carboxylic acids is 1. The summed E-state index contributed by atoms with van der Waals surface area (Å²) in [6.07, 6.45) is -3.92. The number of carboxylic acids is 1. The molecule has 0 unspecified atom stereocenters. The fraction of sp³-hybridized carbons (Fsp3) is 0.118. The van der Waals surface area contributed by atoms with Crippen molar-refractivity contribution in [2.24, 2.45) is 5.10 Å². The van der Waals surface area contributed by atoms with Crippen LogP contribution in [0.4, 0.5) is 18.9 Å². The number of nitrogens with zero attached hydrogens (tertiary/aromatic N) is 3. The van der Waals surface area contributed by atoms with Crippen molar-refractivity contribution in [3.05, 3.63) is 65.2 Å². The number of hydrogen-bond donors (Lipinski definition) is 1. The maximum atomic E-state index is 12.9. The second kappa shape index (κ2) is 7.49. The van der Waals surface area contributed by atoms with Gasteiger partial charge in [-0.1, -0.05) is 18.2 Å². The number of hydrogen-bond acceptors (Lipinski definition) is 4. The predicted octanol–water partition coefficient (Wildman–Crippen LogP) is 3.65. The molecule has 0 amide bonds. The summed E-state index contributed by atoms with van der Waals surface area (Å²) >= 11 is 0. The molecule has 0 atom stereocenters. The molecule has 0 saturated heterocycles. The zero-order valence-corrected chi connectivity index (χ0v) is 12.7. The normalized spacial score (nSPS) is 11.3. The lowest BCUT2D eigenvalue weighted by Crippen LogP contribution is -2.18. The first kappa shape index (κ1) is 18.0. The summed E-state index contributed by atoms with van der Waals surface area (Å²) in [5.41, 5.74) is 0.319. The van der Waals surface area contributed by atoms with E-state index >= 15 is 0 Å². The van der Waals surface area contributed by atoms with Crippen molar-refractivity contribution in [2.75, 3.05) is 5.01 Å². The van der Waals surface area contributed by atoms with Gasteiger partial charge in [-0.05, 0) is 35.9 Å². The van der Waals surface area contributed by atoms with E-state index in [2.05, 4.69) is 5.10 Å². The Balaban J connectivity index is 2.35. The van der Waals surface area contributed by atoms with Crippen molar-refractivity contribution in [3.8, 4) is 6.07 Å². The number of hydrazone groups is 1. The van der Waals surface area contributed by atoms with Crippen molar-refractivity contribution in [3.63, 3.8) is 0 Å². The zero-order valence-electron chi connectivity index (χ0n) is 12.7. The Bertz CT molecular complexity index is 824. The summed E-state index contributed by atoms with van der Waals surface area (Å²) in [4.78, 5) is 10.7. The Hall–Kier alpha value is -3.34. The van der Waals surface area contributed by atoms with Crippen LogP contribution in [0.3, 0.4) is 0 Å². The van der Waals surface area contributed by atoms with Crippen LogP contribution in [0.15, 0.2) is 53.6 Å². The van der Waals surface area contributed by atoms with E-state index in [1.165, 1.54) is 12.1 Å². The Kier molecular flexibility index (Phi) is 5.39. The van der Waals surface area contributed by atoms with Crippen LogP contribution < -0.4 is 5.01 Å². The quantitative estimate of drug-likeness (QED) is 0.661. The second-order valence-corrected chi connectivity index (χ2v) is 5.00. The van der Waals surface area contributed by atoms with Gasteiger partial charge in [0.15, 0.2) is 0 Å². The van der Waals surface area contributed by atoms with Gasteiger partial charge in [-0.15, -0.1) is 0 Å². The number of rotatable bonds is 5. The maximum absolute atomic E-state index is 12.9. The molecule has 8 heteroatoms. The van der Waals surface area contributed by atoms with Crippen molar-refractivity contribution in [2.45, 2.75) is 12.7 Å². The van der Waals surface area contributed by atoms with Gasteiger partial charge in [0.25, 0.3) is 0 Å². The van der Waals surface area contributed by atoms with Crippen molar-refractivity contribution in [1.82, 2.24) is 0 Å². The molecule has 0 spiro atoms. The molecule has 128 valence electrons. The van der Waals surface area contributed by atoms with Gasteiger partial charge in [0.1, 0.15) is 6.21 Å². The Morgan fingerprint density at radius 2 is 1.92 bits per heavy atom. The predicted molar refractivity (Wildman–Crippen MR) is 84.9 cm³/mol. The SMILES string of the molecule is N#Cc1ccc(CN(N=CC(=O)O)c2cccc(C(F)(F)F)c2)cc1. The molecule has 0 aliphatic heterocycles. The minimum absolute atomic E-state index is 0.0385. The van der Waals surface area contributed by atoms with E-state index in [4.69, 9.17) is 10.4 Å². The molecule has 0 radical (unpaired) electrons. The standard InChI is InChI=1S/C17H12F3N3O2/c18-17(19,20)14-2-1-3-15(8-14)23(22-10-16(24)25)11-13-6-4-12(9-21)5-7-13/h1-8,10H,11H2,(H,24,25). The molecular formula is C17H12F3N3O2. The maximum Gasteiger partial charge on any atom is 0.416 e. The number of carbonyl (C=O) groups is 1. The number of anilines is 1. The molecule has 2 rings (SSSR count). The summed E-state index contributed by atoms with van der Waals surface area (Å²) in [5.74, 6) is -1.32. The Labute approximate surface area is 141 Å². The summed E-state index contributed by atoms with van der Waals surface area (Å²) in [5, 5.41) is 22.4. The summed E-state index contributed by atoms with van der Waals surface area (Å²) in [6, 6.07) is 12.7. The van der Waals surface area contributed by atoms with Crippen LogP contribution in [0.25, 0.3) is 0 Å². The van der Waals surface area contributed by atoms with E-state index < -0.39 is 17.7 Å². The van der Waals surface area contributed by atoms with Crippen LogP contribution in [0, 0.1) is 11.3 Å². The lowest BCUT2D eigenvalue weighted by molar-refractivity contribution is -0.137. The van der Waals surface area contributed by atoms with Crippen molar-refractivity contribution >= 4 is 17.9 Å². The van der Waals surface area contributed by atoms with Gasteiger partial charge in [-0.25, -0.2) is 4.79 Å². The third-order valence-corrected chi connectivity index (χ3v) is 3.19. The van der Waals surface area contributed by atoms with Gasteiger partial charge in [0.05, 0.1) is 29.4 Å². The van der Waals surface area contributed by atoms with E-state index in [0.29, 0.717) is 17.3 Å². The van der Waals surface area contributed by atoms with Gasteiger partial charge >= 0.3 is 12.1 Å². The largest absolute Gasteiger partial charge is 0.477 e. The van der Waals surface area contributed by atoms with Crippen LogP contribution in [-0.2, 0) is 17.5 Å². The van der Waals surface area contributed by atoms with Gasteiger partial charge in [0, 0.05) is 0 Å². The smallest absolute Gasteiger partial charge is 0.416 e. The highest BCUT2D eigenvalue weighted by Gasteiger charge is 2.30. The number of halogens is 3. The van der Waals surface area contributed by atoms with E-state index in [0.717, 1.165) is 17.1 Å². The molecular weight excluding hydrogens is 335 g/mol. The third-order valence-electron chi connectivity index (χ3n) is 3.19. The summed E-state index contributed by atoms with van der Waals surface area (Å²) in [7, 11) is 0. The highest BCUT2D eigenvalue weighted by molar-refractivity contribution is 6.22. The van der Waals surface area contributed by atoms with E-state index in [9.17, 15) is 18.0 Å². The molecule has 0 aromatic heterocycles. The number of nitriles is 1. The molecule has 0 aliphatic carbocycles. The molecule has 0 fully saturated rings. The first-order valence-electron chi connectivity index (χ1n) is 7.00. The van der Waals surface area contributed by atoms with E-state index in [1.54, 1.807) is 24.3 Å². The van der Waals surface area contributed by atoms with Crippen LogP contribution in [0.5, 0.6) is 0 Å². The average molecular weight is 347 g/mol. The van der Waals surface area contributed by atoms with Gasteiger partial charge in [0.2, 0.25) is 0 Å². The van der Waals surface area contributed by atoms with Crippen LogP contribution in [-0.4, -0.2) is 17.3 Å². The Morgan fingerprint density at radius 1 is 1.24 bits per heavy atom. The molecule has 0 aliphatic rings.